The second-order valence-electron chi connectivity index (χ2n) is 8.79. The first-order chi connectivity index (χ1) is 16.9. The first-order valence-corrected chi connectivity index (χ1v) is 11.8. The van der Waals surface area contributed by atoms with Crippen LogP contribution in [0.25, 0.3) is 0 Å². The van der Waals surface area contributed by atoms with Gasteiger partial charge in [0.05, 0.1) is 23.3 Å². The third-order valence-electron chi connectivity index (χ3n) is 6.01. The fourth-order valence-corrected chi connectivity index (χ4v) is 4.05. The van der Waals surface area contributed by atoms with Crippen molar-refractivity contribution >= 4 is 0 Å². The van der Waals surface area contributed by atoms with Gasteiger partial charge in [0.25, 0.3) is 0 Å². The Morgan fingerprint density at radius 3 is 1.94 bits per heavy atom. The molecule has 0 saturated carbocycles. The molecule has 0 aliphatic rings. The van der Waals surface area contributed by atoms with Crippen molar-refractivity contribution in [1.29, 1.82) is 10.5 Å². The van der Waals surface area contributed by atoms with Crippen molar-refractivity contribution in [2.75, 3.05) is 13.6 Å². The normalized spacial score (nSPS) is 11.2. The molecule has 3 aromatic carbocycles. The van der Waals surface area contributed by atoms with Gasteiger partial charge in [-0.2, -0.15) is 10.5 Å². The van der Waals surface area contributed by atoms with Gasteiger partial charge in [-0.1, -0.05) is 43.3 Å². The van der Waals surface area contributed by atoms with E-state index >= 15 is 0 Å². The lowest BCUT2D eigenvalue weighted by molar-refractivity contribution is 0.246. The number of hydrogen-bond acceptors (Lipinski definition) is 4. The average Bonchev–Trinajstić information content (AvgIpc) is 2.86. The molecule has 0 N–H and O–H groups in total. The molecule has 0 aromatic heterocycles. The zero-order valence-electron chi connectivity index (χ0n) is 20.6. The van der Waals surface area contributed by atoms with Crippen LogP contribution in [0, 0.1) is 35.4 Å². The molecule has 0 aliphatic carbocycles. The highest BCUT2D eigenvalue weighted by Gasteiger charge is 2.15. The minimum Gasteiger partial charge on any atom is -0.373 e. The van der Waals surface area contributed by atoms with Crippen molar-refractivity contribution in [3.05, 3.63) is 118 Å². The Bertz CT molecular complexity index is 1230. The van der Waals surface area contributed by atoms with Gasteiger partial charge in [0, 0.05) is 38.9 Å². The van der Waals surface area contributed by atoms with E-state index in [2.05, 4.69) is 42.0 Å². The Labute approximate surface area is 208 Å². The molecule has 0 fully saturated rings. The smallest absolute Gasteiger partial charge is 0.123 e. The minimum absolute atomic E-state index is 0.224. The molecule has 5 heteroatoms. The van der Waals surface area contributed by atoms with Gasteiger partial charge >= 0.3 is 0 Å². The average molecular weight is 467 g/mol. The fourth-order valence-electron chi connectivity index (χ4n) is 4.05. The third kappa shape index (κ3) is 7.54. The van der Waals surface area contributed by atoms with Crippen molar-refractivity contribution in [2.24, 2.45) is 0 Å². The molecule has 0 unspecified atom stereocenters. The monoisotopic (exact) mass is 466 g/mol. The third-order valence-corrected chi connectivity index (χ3v) is 6.01. The Hall–Kier alpha value is -3.93. The minimum atomic E-state index is -0.224. The Kier molecular flexibility index (Phi) is 9.18. The highest BCUT2D eigenvalue weighted by molar-refractivity contribution is 5.33. The molecular formula is C30H31FN4. The number of rotatable bonds is 10. The largest absolute Gasteiger partial charge is 0.373 e. The quantitative estimate of drug-likeness (QED) is 0.352. The Balaban J connectivity index is 1.83. The van der Waals surface area contributed by atoms with Gasteiger partial charge in [-0.15, -0.1) is 0 Å². The SMILES string of the molecule is CC/C=C(/CN(Cc1ccc(C#N)cc1)Cc1ccc(F)cc1C)N(C)Cc1ccc(C#N)cc1. The van der Waals surface area contributed by atoms with Crippen LogP contribution >= 0.6 is 0 Å². The van der Waals surface area contributed by atoms with E-state index in [0.29, 0.717) is 24.2 Å². The maximum Gasteiger partial charge on any atom is 0.123 e. The molecule has 0 atom stereocenters. The van der Waals surface area contributed by atoms with Crippen LogP contribution in [0.3, 0.4) is 0 Å². The summed E-state index contributed by atoms with van der Waals surface area (Å²) in [6.45, 7) is 6.91. The van der Waals surface area contributed by atoms with Gasteiger partial charge in [0.1, 0.15) is 5.82 Å². The highest BCUT2D eigenvalue weighted by atomic mass is 19.1. The van der Waals surface area contributed by atoms with Crippen LogP contribution in [0.4, 0.5) is 4.39 Å². The van der Waals surface area contributed by atoms with E-state index < -0.39 is 0 Å². The molecule has 0 heterocycles. The van der Waals surface area contributed by atoms with Gasteiger partial charge in [-0.3, -0.25) is 4.90 Å². The zero-order valence-corrected chi connectivity index (χ0v) is 20.6. The molecular weight excluding hydrogens is 435 g/mol. The lowest BCUT2D eigenvalue weighted by Crippen LogP contribution is -2.31. The highest BCUT2D eigenvalue weighted by Crippen LogP contribution is 2.19. The number of allylic oxidation sites excluding steroid dienone is 1. The Morgan fingerprint density at radius 2 is 1.43 bits per heavy atom. The number of halogens is 1. The van der Waals surface area contributed by atoms with Crippen LogP contribution in [0.5, 0.6) is 0 Å². The number of hydrogen-bond donors (Lipinski definition) is 0. The van der Waals surface area contributed by atoms with Crippen LogP contribution in [-0.2, 0) is 19.6 Å². The van der Waals surface area contributed by atoms with Crippen LogP contribution in [-0.4, -0.2) is 23.4 Å². The van der Waals surface area contributed by atoms with Gasteiger partial charge in [-0.25, -0.2) is 4.39 Å². The number of likely N-dealkylation sites (N-methyl/N-ethyl adjacent to an activating group) is 1. The van der Waals surface area contributed by atoms with Crippen molar-refractivity contribution in [3.63, 3.8) is 0 Å². The summed E-state index contributed by atoms with van der Waals surface area (Å²) >= 11 is 0. The van der Waals surface area contributed by atoms with Crippen molar-refractivity contribution in [1.82, 2.24) is 9.80 Å². The number of nitrogens with zero attached hydrogens (tertiary/aromatic N) is 4. The maximum absolute atomic E-state index is 13.7. The predicted octanol–water partition coefficient (Wildman–Crippen LogP) is 6.31. The van der Waals surface area contributed by atoms with Crippen LogP contribution in [0.1, 0.15) is 46.7 Å². The van der Waals surface area contributed by atoms with E-state index in [1.807, 2.05) is 61.5 Å². The van der Waals surface area contributed by atoms with Crippen molar-refractivity contribution in [2.45, 2.75) is 39.9 Å². The van der Waals surface area contributed by atoms with Gasteiger partial charge in [0.15, 0.2) is 0 Å². The van der Waals surface area contributed by atoms with Crippen LogP contribution in [0.15, 0.2) is 78.5 Å². The molecule has 3 rings (SSSR count). The second kappa shape index (κ2) is 12.5. The summed E-state index contributed by atoms with van der Waals surface area (Å²) in [5.41, 5.74) is 6.78. The first-order valence-electron chi connectivity index (χ1n) is 11.8. The molecule has 178 valence electrons. The van der Waals surface area contributed by atoms with Gasteiger partial charge in [-0.05, 0) is 72.0 Å². The first kappa shape index (κ1) is 25.7. The summed E-state index contributed by atoms with van der Waals surface area (Å²) in [7, 11) is 2.09. The van der Waals surface area contributed by atoms with E-state index in [1.54, 1.807) is 6.07 Å². The molecule has 0 amide bonds. The summed E-state index contributed by atoms with van der Waals surface area (Å²) in [6.07, 6.45) is 3.15. The summed E-state index contributed by atoms with van der Waals surface area (Å²) in [5, 5.41) is 18.2. The molecule has 0 saturated heterocycles. The number of aryl methyl sites for hydroxylation is 1. The molecule has 0 bridgehead atoms. The lowest BCUT2D eigenvalue weighted by atomic mass is 10.1. The van der Waals surface area contributed by atoms with Gasteiger partial charge in [0.2, 0.25) is 0 Å². The van der Waals surface area contributed by atoms with Crippen molar-refractivity contribution < 1.29 is 4.39 Å². The van der Waals surface area contributed by atoms with Crippen LogP contribution < -0.4 is 0 Å². The number of nitriles is 2. The maximum atomic E-state index is 13.7. The molecule has 0 spiro atoms. The standard InChI is InChI=1S/C30H31FN4/c1-4-5-30(34(3)19-26-10-6-24(17-32)7-11-26)22-35(20-27-12-8-25(18-33)9-13-27)21-28-14-15-29(31)16-23(28)2/h5-16H,4,19-22H2,1-3H3/b30-5-. The molecule has 4 nitrogen and oxygen atoms in total. The predicted molar refractivity (Wildman–Crippen MR) is 137 cm³/mol. The van der Waals surface area contributed by atoms with E-state index in [0.717, 1.165) is 41.8 Å². The van der Waals surface area contributed by atoms with E-state index in [1.165, 1.54) is 11.8 Å². The molecule has 0 aliphatic heterocycles. The Morgan fingerprint density at radius 1 is 0.857 bits per heavy atom. The summed E-state index contributed by atoms with van der Waals surface area (Å²) in [5.74, 6) is -0.224. The summed E-state index contributed by atoms with van der Waals surface area (Å²) < 4.78 is 13.7. The molecule has 35 heavy (non-hydrogen) atoms. The number of benzene rings is 3. The van der Waals surface area contributed by atoms with E-state index in [-0.39, 0.29) is 5.82 Å². The van der Waals surface area contributed by atoms with Gasteiger partial charge < -0.3 is 4.90 Å². The zero-order chi connectivity index (χ0) is 25.2. The topological polar surface area (TPSA) is 54.1 Å². The fraction of sp³-hybridized carbons (Fsp3) is 0.267. The summed E-state index contributed by atoms with van der Waals surface area (Å²) in [4.78, 5) is 4.59. The van der Waals surface area contributed by atoms with E-state index in [4.69, 9.17) is 10.5 Å². The van der Waals surface area contributed by atoms with E-state index in [9.17, 15) is 4.39 Å². The lowest BCUT2D eigenvalue weighted by Gasteiger charge is -2.30. The summed E-state index contributed by atoms with van der Waals surface area (Å²) in [6, 6.07) is 24.7. The van der Waals surface area contributed by atoms with Crippen molar-refractivity contribution in [3.8, 4) is 12.1 Å². The molecule has 3 aromatic rings. The van der Waals surface area contributed by atoms with Crippen LogP contribution in [0.2, 0.25) is 0 Å². The molecule has 0 radical (unpaired) electrons. The second-order valence-corrected chi connectivity index (χ2v) is 8.79.